The standard InChI is InChI=1S/C93H142N12O22/c1-62-20-12-11-13-21-63(2)75(95-8)58-73-27-24-68(7)93(114,127-73)88(111)91(112)104-32-17-14-23-77(104)92(113)126-80(59-78(107)64(3)53-67(6)86(110)87(116-10)85(109)66(5)52-62)65(4)54-69-25-29-79(81(55-69)115-9)125-35-19-15-22-71-60-103(102-100-71)34-37-118-39-41-120-43-45-122-47-49-124-51-50-123-48-46-121-44-42-119-40-38-117-36-30-82(108)96-31-16-18-33-105-90-83(89(94)97-61-98-90)84(101-105)76-57-70-56-72(106)26-28-74(70)99-76/h11-13,20-21,26,28,53,56-57,60-62,64-66,68-69,73,75,77,79-81,86-87,95,99,106,110,114H,14-19,22-25,27,29-52,54-55,58-59H2,1-10H3,(H,96,108)(H2,94,97,98)/b13-11+,20-12+,63-21+,67-53+/t62-,64-,65-,66-,68-,69+,73+,75+,77+,79-,80+,81-,86-,87+,93-/m1/s1. The average molecular weight is 1780 g/mol. The molecule has 1 saturated carbocycles. The highest BCUT2D eigenvalue weighted by Gasteiger charge is 2.53. The van der Waals surface area contributed by atoms with Gasteiger partial charge in [0.25, 0.3) is 11.7 Å². The lowest BCUT2D eigenvalue weighted by molar-refractivity contribution is -0.264. The number of piperidine rings is 1. The topological polar surface area (TPSA) is 427 Å². The zero-order valence-corrected chi connectivity index (χ0v) is 76.3. The summed E-state index contributed by atoms with van der Waals surface area (Å²) in [7, 11) is 4.90. The number of unbranched alkanes of at least 4 members (excludes halogenated alkanes) is 2. The maximum absolute atomic E-state index is 14.8. The van der Waals surface area contributed by atoms with Crippen LogP contribution in [0.3, 0.4) is 0 Å². The minimum atomic E-state index is -2.43. The third-order valence-corrected chi connectivity index (χ3v) is 24.4. The molecular weight excluding hydrogens is 1640 g/mol. The number of ether oxygens (including phenoxy) is 13. The number of nitrogens with two attached hydrogens (primary N) is 1. The van der Waals surface area contributed by atoms with E-state index >= 15 is 0 Å². The van der Waals surface area contributed by atoms with Gasteiger partial charge in [0.05, 0.1) is 147 Å². The molecule has 8 N–H and O–H groups in total. The van der Waals surface area contributed by atoms with Crippen molar-refractivity contribution in [3.05, 3.63) is 90.1 Å². The Labute approximate surface area is 747 Å². The Hall–Kier alpha value is -8.17. The Kier molecular flexibility index (Phi) is 44.0. The quantitative estimate of drug-likeness (QED) is 0.00826. The molecule has 5 aromatic rings. The molecule has 15 atom stereocenters. The molecule has 3 aliphatic heterocycles. The van der Waals surface area contributed by atoms with E-state index in [0.29, 0.717) is 205 Å². The van der Waals surface area contributed by atoms with Crippen LogP contribution in [-0.4, -0.2) is 296 Å². The van der Waals surface area contributed by atoms with Gasteiger partial charge in [-0.2, -0.15) is 5.10 Å². The van der Waals surface area contributed by atoms with E-state index in [0.717, 1.165) is 72.8 Å². The first-order chi connectivity index (χ1) is 61.4. The van der Waals surface area contributed by atoms with Gasteiger partial charge in [0, 0.05) is 94.2 Å². The second kappa shape index (κ2) is 54.5. The summed E-state index contributed by atoms with van der Waals surface area (Å²) in [4.78, 5) is 97.9. The van der Waals surface area contributed by atoms with Crippen molar-refractivity contribution in [3.8, 4) is 17.1 Å². The molecule has 4 aliphatic rings. The van der Waals surface area contributed by atoms with Crippen LogP contribution in [0.25, 0.3) is 33.3 Å². The van der Waals surface area contributed by atoms with E-state index in [4.69, 9.17) is 72.4 Å². The predicted octanol–water partition coefficient (Wildman–Crippen LogP) is 9.09. The molecule has 2 saturated heterocycles. The number of nitrogens with one attached hydrogen (secondary N) is 3. The van der Waals surface area contributed by atoms with E-state index in [2.05, 4.69) is 35.9 Å². The summed E-state index contributed by atoms with van der Waals surface area (Å²) in [6, 6.07) is 5.66. The number of aliphatic hydroxyl groups is 2. The number of ketones is 3. The van der Waals surface area contributed by atoms with Gasteiger partial charge in [0.15, 0.2) is 11.4 Å². The van der Waals surface area contributed by atoms with Gasteiger partial charge in [-0.15, -0.1) is 5.10 Å². The molecule has 0 unspecified atom stereocenters. The number of hydrogen-bond acceptors (Lipinski definition) is 29. The maximum atomic E-state index is 14.8. The van der Waals surface area contributed by atoms with Gasteiger partial charge in [0.1, 0.15) is 53.7 Å². The number of esters is 1. The van der Waals surface area contributed by atoms with E-state index in [1.807, 2.05) is 77.4 Å². The number of anilines is 1. The van der Waals surface area contributed by atoms with Crippen LogP contribution in [0.2, 0.25) is 0 Å². The van der Waals surface area contributed by atoms with E-state index in [9.17, 15) is 44.1 Å². The lowest BCUT2D eigenvalue weighted by Crippen LogP contribution is -2.61. The van der Waals surface area contributed by atoms with E-state index in [-0.39, 0.29) is 91.6 Å². The van der Waals surface area contributed by atoms with Crippen LogP contribution >= 0.6 is 0 Å². The van der Waals surface area contributed by atoms with Crippen LogP contribution in [0, 0.1) is 35.5 Å². The zero-order valence-electron chi connectivity index (χ0n) is 76.3. The Morgan fingerprint density at radius 2 is 1.43 bits per heavy atom. The first-order valence-electron chi connectivity index (χ1n) is 45.7. The number of carbonyl (C=O) groups is 6. The van der Waals surface area contributed by atoms with Crippen molar-refractivity contribution in [1.29, 1.82) is 0 Å². The monoisotopic (exact) mass is 1780 g/mol. The fraction of sp³-hybridized carbons (Fsp3) is 0.688. The van der Waals surface area contributed by atoms with Crippen LogP contribution < -0.4 is 16.4 Å². The molecule has 0 radical (unpaired) electrons. The lowest BCUT2D eigenvalue weighted by Gasteiger charge is -2.43. The molecule has 4 aromatic heterocycles. The van der Waals surface area contributed by atoms with Crippen molar-refractivity contribution in [3.63, 3.8) is 0 Å². The van der Waals surface area contributed by atoms with Gasteiger partial charge >= 0.3 is 5.97 Å². The van der Waals surface area contributed by atoms with Crippen molar-refractivity contribution in [2.24, 2.45) is 35.5 Å². The first-order valence-corrected chi connectivity index (χ1v) is 45.7. The van der Waals surface area contributed by atoms with Crippen LogP contribution in [0.4, 0.5) is 5.82 Å². The fourth-order valence-corrected chi connectivity index (χ4v) is 16.9. The van der Waals surface area contributed by atoms with E-state index in [1.54, 1.807) is 61.5 Å². The number of aromatic amines is 1. The number of aromatic nitrogens is 8. The number of phenols is 1. The van der Waals surface area contributed by atoms with E-state index in [1.165, 1.54) is 18.3 Å². The first kappa shape index (κ1) is 103. The molecule has 34 nitrogen and oxygen atoms in total. The van der Waals surface area contributed by atoms with Crippen molar-refractivity contribution >= 4 is 62.9 Å². The third kappa shape index (κ3) is 32.4. The van der Waals surface area contributed by atoms with Crippen molar-refractivity contribution in [1.82, 2.24) is 55.3 Å². The number of allylic oxidation sites excluding steroid dienone is 6. The number of hydrogen-bond donors (Lipinski definition) is 7. The Bertz CT molecular complexity index is 4320. The second-order valence-electron chi connectivity index (χ2n) is 34.2. The maximum Gasteiger partial charge on any atom is 0.329 e. The Balaban J connectivity index is 0.586. The number of amides is 2. The minimum Gasteiger partial charge on any atom is -0.508 e. The summed E-state index contributed by atoms with van der Waals surface area (Å²) >= 11 is 0. The molecule has 127 heavy (non-hydrogen) atoms. The van der Waals surface area contributed by atoms with Gasteiger partial charge in [-0.05, 0) is 171 Å². The highest BCUT2D eigenvalue weighted by molar-refractivity contribution is 6.39. The number of fused-ring (bicyclic) bond motifs is 5. The smallest absolute Gasteiger partial charge is 0.329 e. The fourth-order valence-electron chi connectivity index (χ4n) is 16.9. The van der Waals surface area contributed by atoms with Crippen LogP contribution in [0.5, 0.6) is 5.75 Å². The van der Waals surface area contributed by atoms with Gasteiger partial charge < -0.3 is 103 Å². The summed E-state index contributed by atoms with van der Waals surface area (Å²) in [6.07, 6.45) is 20.2. The number of cyclic esters (lactones) is 1. The number of methoxy groups -OCH3 is 2. The van der Waals surface area contributed by atoms with Crippen molar-refractivity contribution in [2.75, 3.05) is 152 Å². The third-order valence-electron chi connectivity index (χ3n) is 24.4. The number of carbonyl (C=O) groups excluding carboxylic acids is 6. The molecule has 34 heteroatoms. The lowest BCUT2D eigenvalue weighted by atomic mass is 9.78. The van der Waals surface area contributed by atoms with Gasteiger partial charge in [0.2, 0.25) is 11.7 Å². The van der Waals surface area contributed by atoms with Gasteiger partial charge in [-0.25, -0.2) is 24.1 Å². The molecule has 9 rings (SSSR count). The summed E-state index contributed by atoms with van der Waals surface area (Å²) in [5, 5.41) is 55.0. The van der Waals surface area contributed by atoms with Gasteiger partial charge in [-0.1, -0.05) is 81.9 Å². The molecule has 2 bridgehead atoms. The molecule has 1 aromatic carbocycles. The average Bonchev–Trinajstić information content (AvgIpc) is 1.76. The number of H-pyrrole nitrogens is 1. The zero-order chi connectivity index (χ0) is 91.0. The predicted molar refractivity (Wildman–Crippen MR) is 476 cm³/mol. The molecule has 2 amide bonds. The normalized spacial score (nSPS) is 26.5. The van der Waals surface area contributed by atoms with E-state index < -0.39 is 71.7 Å². The Morgan fingerprint density at radius 1 is 0.740 bits per heavy atom. The Morgan fingerprint density at radius 3 is 2.10 bits per heavy atom. The highest BCUT2D eigenvalue weighted by atomic mass is 16.6. The molecule has 0 spiro atoms. The summed E-state index contributed by atoms with van der Waals surface area (Å²) in [5.74, 6) is -7.63. The van der Waals surface area contributed by atoms with Crippen molar-refractivity contribution in [2.45, 2.75) is 232 Å². The number of aryl methyl sites for hydroxylation is 2. The summed E-state index contributed by atoms with van der Waals surface area (Å²) in [6.45, 7) is 21.7. The van der Waals surface area contributed by atoms with Crippen LogP contribution in [-0.2, 0) is 110 Å². The molecular formula is C93H142N12O22. The number of nitrogen functional groups attached to an aromatic ring is 1. The number of nitrogens with zero attached hydrogens (tertiary/aromatic N) is 8. The second-order valence-corrected chi connectivity index (χ2v) is 34.2. The van der Waals surface area contributed by atoms with Crippen LogP contribution in [0.15, 0.2) is 84.4 Å². The molecule has 3 fully saturated rings. The molecule has 706 valence electrons. The number of likely N-dealkylation sites (N-methyl/N-ethyl adjacent to an activating group) is 1. The number of aromatic hydroxyl groups is 1. The number of rotatable bonds is 45. The number of aliphatic hydroxyl groups excluding tert-OH is 1. The van der Waals surface area contributed by atoms with Crippen molar-refractivity contribution < 1.29 is 106 Å². The summed E-state index contributed by atoms with van der Waals surface area (Å²) < 4.78 is 79.6. The largest absolute Gasteiger partial charge is 0.508 e. The summed E-state index contributed by atoms with van der Waals surface area (Å²) in [5.41, 5.74) is 11.4. The minimum absolute atomic E-state index is 0.00728. The SMILES string of the molecule is CN[C@H]1C[C@@H]2CC[C@@H](C)[C@@](O)(O2)C(=O)C(=O)N2CCCC[C@H]2C(=O)O[C@H]([C@H](C)C[C@@H]2CC[C@@H](OCCCCc3cn(CCOCCOCCOCCOCCOCCOCCOCCOCCC(=O)NCCCCn4nc(-c5cc6cc(O)ccc6[nH]5)c5c(N)ncnc54)nn3)[C@H](OC)C2)CC(=O)[C@H](C)/C=C(\C)[C@@H](O)[C@@H](OC)C(=O)[C@H](C)C[C@H](C)/C=C/C=C/C=C/1C. The molecule has 7 heterocycles. The van der Waals surface area contributed by atoms with Crippen LogP contribution in [0.1, 0.15) is 163 Å². The molecule has 1 aliphatic carbocycles. The van der Waals surface area contributed by atoms with Gasteiger partial charge in [-0.3, -0.25) is 24.0 Å². The number of benzene rings is 1. The number of Topliss-reactive ketones (excluding diaryl/α,β-unsaturated/α-hetero) is 3. The highest BCUT2D eigenvalue weighted by Crippen LogP contribution is 2.39. The number of phenolic OH excluding ortho intramolecular Hbond substituents is 1.